The van der Waals surface area contributed by atoms with Crippen LogP contribution in [0, 0.1) is 0 Å². The summed E-state index contributed by atoms with van der Waals surface area (Å²) in [6, 6.07) is 9.57. The Kier molecular flexibility index (Phi) is 24.5. The summed E-state index contributed by atoms with van der Waals surface area (Å²) in [6.45, 7) is 7.30. The van der Waals surface area contributed by atoms with Crippen molar-refractivity contribution in [1.29, 1.82) is 0 Å². The second-order valence-corrected chi connectivity index (χ2v) is 17.1. The first-order valence-electron chi connectivity index (χ1n) is 21.7. The Balaban J connectivity index is 1.72. The number of benzene rings is 1. The molecule has 25 heteroatoms. The predicted octanol–water partition coefficient (Wildman–Crippen LogP) is 2.33. The third-order valence-corrected chi connectivity index (χ3v) is 11.0. The summed E-state index contributed by atoms with van der Waals surface area (Å²) in [5, 5.41) is 2.85. The molecule has 1 aromatic carbocycles. The van der Waals surface area contributed by atoms with Gasteiger partial charge in [-0.05, 0) is 31.2 Å². The van der Waals surface area contributed by atoms with E-state index in [9.17, 15) is 42.9 Å². The molecule has 0 aromatic heterocycles. The van der Waals surface area contributed by atoms with Gasteiger partial charge in [0.05, 0.1) is 26.4 Å². The molecule has 382 valence electrons. The van der Waals surface area contributed by atoms with Gasteiger partial charge in [0.15, 0.2) is 49.2 Å². The van der Waals surface area contributed by atoms with Crippen molar-refractivity contribution in [1.82, 2.24) is 5.09 Å². The van der Waals surface area contributed by atoms with Crippen LogP contribution in [0.1, 0.15) is 80.2 Å². The highest BCUT2D eigenvalue weighted by molar-refractivity contribution is 7.51. The maximum absolute atomic E-state index is 14.1. The van der Waals surface area contributed by atoms with Crippen LogP contribution in [0.5, 0.6) is 0 Å². The number of carbonyl (C=O) groups excluding carboxylic acids is 8. The molecular formula is C43H62NO23P. The Morgan fingerprint density at radius 1 is 0.485 bits per heavy atom. The van der Waals surface area contributed by atoms with Gasteiger partial charge in [-0.3, -0.25) is 47.4 Å². The fraction of sp³-hybridized carbons (Fsp3) is 0.674. The van der Waals surface area contributed by atoms with Crippen LogP contribution in [0.2, 0.25) is 0 Å². The van der Waals surface area contributed by atoms with E-state index in [2.05, 4.69) is 5.09 Å². The molecule has 1 aromatic rings. The summed E-state index contributed by atoms with van der Waals surface area (Å²) in [7, 11) is -4.07. The normalized spacial score (nSPS) is 25.4. The van der Waals surface area contributed by atoms with Crippen LogP contribution < -0.4 is 5.09 Å². The van der Waals surface area contributed by atoms with E-state index in [1.165, 1.54) is 0 Å². The quantitative estimate of drug-likeness (QED) is 0.0572. The molecule has 0 aliphatic carbocycles. The van der Waals surface area contributed by atoms with E-state index in [0.717, 1.165) is 61.0 Å². The molecule has 0 saturated carbocycles. The average molecular weight is 992 g/mol. The van der Waals surface area contributed by atoms with E-state index < -0.39 is 130 Å². The lowest BCUT2D eigenvalue weighted by Gasteiger charge is -2.44. The minimum atomic E-state index is -4.07. The van der Waals surface area contributed by atoms with Gasteiger partial charge in [-0.1, -0.05) is 30.3 Å². The topological polar surface area (TPSA) is 295 Å². The van der Waals surface area contributed by atoms with Crippen LogP contribution >= 0.6 is 7.75 Å². The molecule has 2 saturated heterocycles. The van der Waals surface area contributed by atoms with Gasteiger partial charge in [0.25, 0.3) is 0 Å². The van der Waals surface area contributed by atoms with Gasteiger partial charge in [0, 0.05) is 61.9 Å². The van der Waals surface area contributed by atoms with E-state index >= 15 is 0 Å². The highest BCUT2D eigenvalue weighted by atomic mass is 31.2. The van der Waals surface area contributed by atoms with Crippen molar-refractivity contribution in [2.24, 2.45) is 0 Å². The first-order valence-corrected chi connectivity index (χ1v) is 23.2. The SMILES string of the molecule is CC(=O)OC[C@H]1O[C@@H](OCCCOP(=O)(NCCCc2ccccc2)OCCCO[C@@H]2O[C@H](COC(C)=O)[C@H](OC(C)=O)[C@H](OC(C)=O)[C@H]2OC(C)=O)[C@H](OC(C)=O)[C@@H](OC(C)=O)[C@H]1OC(C)=O. The molecule has 0 radical (unpaired) electrons. The Morgan fingerprint density at radius 2 is 0.853 bits per heavy atom. The molecule has 24 nitrogen and oxygen atoms in total. The molecular weight excluding hydrogens is 929 g/mol. The second-order valence-electron chi connectivity index (χ2n) is 15.2. The third-order valence-electron chi connectivity index (χ3n) is 9.35. The Morgan fingerprint density at radius 3 is 1.22 bits per heavy atom. The summed E-state index contributed by atoms with van der Waals surface area (Å²) in [5.74, 6) is -6.22. The smallest absolute Gasteiger partial charge is 0.405 e. The molecule has 2 aliphatic heterocycles. The van der Waals surface area contributed by atoms with Crippen LogP contribution in [-0.2, 0) is 115 Å². The monoisotopic (exact) mass is 991 g/mol. The summed E-state index contributed by atoms with van der Waals surface area (Å²) < 4.78 is 92.1. The van der Waals surface area contributed by atoms with Crippen molar-refractivity contribution >= 4 is 55.5 Å². The van der Waals surface area contributed by atoms with E-state index in [-0.39, 0.29) is 45.8 Å². The van der Waals surface area contributed by atoms with Crippen LogP contribution in [0.25, 0.3) is 0 Å². The van der Waals surface area contributed by atoms with Gasteiger partial charge in [0.1, 0.15) is 25.4 Å². The summed E-state index contributed by atoms with van der Waals surface area (Å²) in [5.41, 5.74) is 1.05. The number of aryl methyl sites for hydroxylation is 1. The molecule has 0 spiro atoms. The molecule has 2 aliphatic rings. The Hall–Kier alpha value is -5.07. The first kappa shape index (κ1) is 57.2. The number of hydrogen-bond donors (Lipinski definition) is 1. The van der Waals surface area contributed by atoms with E-state index in [0.29, 0.717) is 12.8 Å². The molecule has 0 bridgehead atoms. The molecule has 3 rings (SSSR count). The number of rotatable bonds is 27. The summed E-state index contributed by atoms with van der Waals surface area (Å²) >= 11 is 0. The third kappa shape index (κ3) is 20.7. The number of ether oxygens (including phenoxy) is 12. The average Bonchev–Trinajstić information content (AvgIpc) is 3.24. The molecule has 10 atom stereocenters. The van der Waals surface area contributed by atoms with E-state index in [1.54, 1.807) is 0 Å². The number of hydrogen-bond acceptors (Lipinski definition) is 23. The first-order chi connectivity index (χ1) is 32.2. The van der Waals surface area contributed by atoms with Crippen LogP contribution in [0.15, 0.2) is 30.3 Å². The van der Waals surface area contributed by atoms with Gasteiger partial charge < -0.3 is 56.8 Å². The molecule has 68 heavy (non-hydrogen) atoms. The zero-order valence-electron chi connectivity index (χ0n) is 39.3. The van der Waals surface area contributed by atoms with Gasteiger partial charge in [-0.25, -0.2) is 9.65 Å². The van der Waals surface area contributed by atoms with Gasteiger partial charge in [-0.2, -0.15) is 0 Å². The molecule has 0 amide bonds. The molecule has 1 N–H and O–H groups in total. The lowest BCUT2D eigenvalue weighted by atomic mass is 9.98. The molecule has 2 fully saturated rings. The van der Waals surface area contributed by atoms with Crippen molar-refractivity contribution in [3.05, 3.63) is 35.9 Å². The van der Waals surface area contributed by atoms with Crippen molar-refractivity contribution in [2.45, 2.75) is 142 Å². The number of nitrogens with one attached hydrogen (secondary N) is 1. The van der Waals surface area contributed by atoms with Crippen molar-refractivity contribution in [3.8, 4) is 0 Å². The largest absolute Gasteiger partial charge is 0.463 e. The zero-order chi connectivity index (χ0) is 50.4. The summed E-state index contributed by atoms with van der Waals surface area (Å²) in [6.07, 6.45) is -12.6. The summed E-state index contributed by atoms with van der Waals surface area (Å²) in [4.78, 5) is 96.2. The van der Waals surface area contributed by atoms with Crippen molar-refractivity contribution in [3.63, 3.8) is 0 Å². The van der Waals surface area contributed by atoms with Gasteiger partial charge >= 0.3 is 55.5 Å². The van der Waals surface area contributed by atoms with E-state index in [4.69, 9.17) is 65.9 Å². The van der Waals surface area contributed by atoms with Crippen molar-refractivity contribution < 1.29 is 109 Å². The minimum Gasteiger partial charge on any atom is -0.463 e. The van der Waals surface area contributed by atoms with Gasteiger partial charge in [0.2, 0.25) is 0 Å². The molecule has 0 unspecified atom stereocenters. The van der Waals surface area contributed by atoms with Crippen LogP contribution in [0.4, 0.5) is 0 Å². The fourth-order valence-electron chi connectivity index (χ4n) is 6.81. The zero-order valence-corrected chi connectivity index (χ0v) is 40.2. The minimum absolute atomic E-state index is 0.0396. The maximum atomic E-state index is 14.1. The Bertz CT molecular complexity index is 1780. The lowest BCUT2D eigenvalue weighted by Crippen LogP contribution is -2.63. The van der Waals surface area contributed by atoms with E-state index in [1.807, 2.05) is 30.3 Å². The Labute approximate surface area is 393 Å². The maximum Gasteiger partial charge on any atom is 0.405 e. The van der Waals surface area contributed by atoms with Crippen LogP contribution in [-0.4, -0.2) is 155 Å². The second kappa shape index (κ2) is 29.1. The number of esters is 8. The standard InChI is InChI=1S/C43H62NO23P/c1-25(45)56-23-34-36(60-27(3)47)38(62-29(5)49)40(64-31(7)51)42(66-34)54-19-13-21-58-68(53,44-18-12-17-33-15-10-9-11-16-33)59-22-14-20-55-43-41(65-32(8)52)39(63-30(6)50)37(61-28(4)48)35(67-43)24-57-26(2)46/h9-11,15-16,34-43H,12-14,17-24H2,1-8H3,(H,44,53)/t34-,35-,36+,37+,38+,39+,40-,41-,42-,43-/m1/s1. The highest BCUT2D eigenvalue weighted by Gasteiger charge is 2.54. The van der Waals surface area contributed by atoms with Crippen molar-refractivity contribution in [2.75, 3.05) is 46.2 Å². The van der Waals surface area contributed by atoms with Crippen LogP contribution in [0.3, 0.4) is 0 Å². The number of carbonyl (C=O) groups is 8. The van der Waals surface area contributed by atoms with Gasteiger partial charge in [-0.15, -0.1) is 0 Å². The fourth-order valence-corrected chi connectivity index (χ4v) is 8.24. The lowest BCUT2D eigenvalue weighted by molar-refractivity contribution is -0.308. The molecule has 2 heterocycles. The highest BCUT2D eigenvalue weighted by Crippen LogP contribution is 2.44. The predicted molar refractivity (Wildman–Crippen MR) is 227 cm³/mol.